The minimum Gasteiger partial charge on any atom is -1.00 e. The Morgan fingerprint density at radius 1 is 0.600 bits per heavy atom. The van der Waals surface area contributed by atoms with Gasteiger partial charge in [-0.3, -0.25) is 0 Å². The molecule has 0 atom stereocenters. The van der Waals surface area contributed by atoms with Crippen molar-refractivity contribution in [2.24, 2.45) is 0 Å². The van der Waals surface area contributed by atoms with E-state index in [0.29, 0.717) is 0 Å². The molecule has 3 saturated heterocycles. The number of halogens is 1. The molecule has 0 saturated carbocycles. The molecule has 3 rings (SSSR count). The number of hydrogen-bond donors (Lipinski definition) is 0. The van der Waals surface area contributed by atoms with Crippen molar-refractivity contribution in [2.45, 2.75) is 26.7 Å². The van der Waals surface area contributed by atoms with Crippen LogP contribution in [0, 0.1) is 0 Å². The molecule has 0 aliphatic carbocycles. The van der Waals surface area contributed by atoms with Crippen molar-refractivity contribution in [2.75, 3.05) is 113 Å². The largest absolute Gasteiger partial charge is 1.00 e. The first kappa shape index (κ1) is 26.7. The predicted octanol–water partition coefficient (Wildman–Crippen LogP) is -1.47. The van der Waals surface area contributed by atoms with E-state index in [0.717, 1.165) is 0 Å². The van der Waals surface area contributed by atoms with E-state index >= 15 is 0 Å². The van der Waals surface area contributed by atoms with Gasteiger partial charge < -0.3 is 27.1 Å². The lowest BCUT2D eigenvalue weighted by molar-refractivity contribution is -0.00000704. The zero-order valence-electron chi connectivity index (χ0n) is 20.3. The first-order valence-corrected chi connectivity index (χ1v) is 13.6. The normalized spacial score (nSPS) is 25.0. The summed E-state index contributed by atoms with van der Waals surface area (Å²) in [4.78, 5) is 7.55. The molecule has 9 heteroatoms. The zero-order chi connectivity index (χ0) is 20.9. The number of piperazine rings is 3. The van der Waals surface area contributed by atoms with Crippen LogP contribution < -0.4 is 12.4 Å². The smallest absolute Gasteiger partial charge is 0.308 e. The summed E-state index contributed by atoms with van der Waals surface area (Å²) >= 11 is 0. The average Bonchev–Trinajstić information content (AvgIpc) is 2.74. The molecule has 7 nitrogen and oxygen atoms in total. The molecular formula is C21H47ClN7P. The fourth-order valence-electron chi connectivity index (χ4n) is 5.09. The maximum absolute atomic E-state index is 2.96. The summed E-state index contributed by atoms with van der Waals surface area (Å²) in [6.07, 6.45) is 2.59. The summed E-state index contributed by atoms with van der Waals surface area (Å²) in [5.41, 5.74) is 0. The lowest BCUT2D eigenvalue weighted by Crippen LogP contribution is -3.00. The molecule has 0 unspecified atom stereocenters. The molecule has 0 bridgehead atoms. The highest BCUT2D eigenvalue weighted by molar-refractivity contribution is 7.66. The summed E-state index contributed by atoms with van der Waals surface area (Å²) in [7, 11) is 5.18. The van der Waals surface area contributed by atoms with Gasteiger partial charge >= 0.3 is 7.87 Å². The Morgan fingerprint density at radius 3 is 1.20 bits per heavy atom. The Kier molecular flexibility index (Phi) is 11.2. The lowest BCUT2D eigenvalue weighted by atomic mass is 10.3. The van der Waals surface area contributed by atoms with Gasteiger partial charge in [0.2, 0.25) is 0 Å². The van der Waals surface area contributed by atoms with Gasteiger partial charge in [-0.2, -0.15) is 0 Å². The van der Waals surface area contributed by atoms with E-state index in [9.17, 15) is 0 Å². The van der Waals surface area contributed by atoms with E-state index in [-0.39, 0.29) is 12.4 Å². The van der Waals surface area contributed by atoms with E-state index in [2.05, 4.69) is 68.4 Å². The van der Waals surface area contributed by atoms with Crippen LogP contribution in [0.2, 0.25) is 0 Å². The Bertz CT molecular complexity index is 411. The van der Waals surface area contributed by atoms with E-state index in [4.69, 9.17) is 0 Å². The molecule has 0 aromatic rings. The van der Waals surface area contributed by atoms with Gasteiger partial charge in [-0.25, -0.2) is 0 Å². The highest BCUT2D eigenvalue weighted by Crippen LogP contribution is 2.70. The third kappa shape index (κ3) is 5.86. The zero-order valence-corrected chi connectivity index (χ0v) is 21.9. The molecule has 30 heavy (non-hydrogen) atoms. The SMILES string of the molecule is CCCCN(CC)[P+](N1CCN(C)CC1)(N1CCN(C)CC1)N1CCN(C)CC1.[Cl-]. The quantitative estimate of drug-likeness (QED) is 0.405. The molecule has 178 valence electrons. The van der Waals surface area contributed by atoms with Crippen LogP contribution >= 0.6 is 7.87 Å². The Balaban J connectivity index is 0.00000320. The van der Waals surface area contributed by atoms with Crippen LogP contribution in [-0.2, 0) is 0 Å². The summed E-state index contributed by atoms with van der Waals surface area (Å²) in [6, 6.07) is 0. The predicted molar refractivity (Wildman–Crippen MR) is 126 cm³/mol. The maximum atomic E-state index is 2.96. The standard InChI is InChI=1S/C21H47N7P.ClH/c1-6-8-9-25(7-2)29(26-16-10-22(3)11-17-26,27-18-12-23(4)13-19-27)28-20-14-24(5)15-21-28;/h6-21H2,1-5H3;1H/q+1;/p-1. The Labute approximate surface area is 193 Å². The van der Waals surface area contributed by atoms with Gasteiger partial charge in [-0.15, -0.1) is 18.7 Å². The Hall–Kier alpha value is 0.440. The molecular weight excluding hydrogens is 417 g/mol. The number of unbranched alkanes of at least 4 members (excludes halogenated alkanes) is 1. The molecule has 0 radical (unpaired) electrons. The molecule has 3 fully saturated rings. The number of nitrogens with zero attached hydrogens (tertiary/aromatic N) is 7. The van der Waals surface area contributed by atoms with Crippen molar-refractivity contribution in [1.82, 2.24) is 33.4 Å². The summed E-state index contributed by atoms with van der Waals surface area (Å²) in [5, 5.41) is 0. The molecule has 3 heterocycles. The summed E-state index contributed by atoms with van der Waals surface area (Å²) in [5.74, 6) is 0. The van der Waals surface area contributed by atoms with Crippen LogP contribution in [0.15, 0.2) is 0 Å². The van der Waals surface area contributed by atoms with Gasteiger partial charge in [-0.05, 0) is 34.5 Å². The van der Waals surface area contributed by atoms with Gasteiger partial charge in [0, 0.05) is 52.4 Å². The second-order valence-corrected chi connectivity index (χ2v) is 12.5. The fraction of sp³-hybridized carbons (Fsp3) is 1.00. The van der Waals surface area contributed by atoms with Gasteiger partial charge in [0.25, 0.3) is 0 Å². The van der Waals surface area contributed by atoms with Crippen molar-refractivity contribution in [1.29, 1.82) is 0 Å². The van der Waals surface area contributed by atoms with Crippen molar-refractivity contribution in [3.05, 3.63) is 0 Å². The summed E-state index contributed by atoms with van der Waals surface area (Å²) < 4.78 is 11.8. The van der Waals surface area contributed by atoms with Crippen LogP contribution in [-0.4, -0.2) is 146 Å². The van der Waals surface area contributed by atoms with Crippen molar-refractivity contribution in [3.8, 4) is 0 Å². The monoisotopic (exact) mass is 463 g/mol. The molecule has 3 aliphatic rings. The van der Waals surface area contributed by atoms with Crippen molar-refractivity contribution in [3.63, 3.8) is 0 Å². The van der Waals surface area contributed by atoms with Crippen LogP contribution in [0.25, 0.3) is 0 Å². The first-order chi connectivity index (χ1) is 14.0. The maximum Gasteiger partial charge on any atom is 0.308 e. The van der Waals surface area contributed by atoms with Crippen LogP contribution in [0.5, 0.6) is 0 Å². The van der Waals surface area contributed by atoms with Crippen molar-refractivity contribution < 1.29 is 12.4 Å². The highest BCUT2D eigenvalue weighted by Gasteiger charge is 2.61. The molecule has 0 aromatic heterocycles. The van der Waals surface area contributed by atoms with E-state index in [1.54, 1.807) is 0 Å². The van der Waals surface area contributed by atoms with Crippen LogP contribution in [0.4, 0.5) is 0 Å². The Morgan fingerprint density at radius 2 is 0.933 bits per heavy atom. The lowest BCUT2D eigenvalue weighted by Gasteiger charge is -2.55. The molecule has 0 spiro atoms. The third-order valence-corrected chi connectivity index (χ3v) is 11.8. The fourth-order valence-corrected chi connectivity index (χ4v) is 10.2. The summed E-state index contributed by atoms with van der Waals surface area (Å²) in [6.45, 7) is 21.7. The molecule has 0 amide bonds. The topological polar surface area (TPSA) is 22.7 Å². The van der Waals surface area contributed by atoms with E-state index < -0.39 is 7.87 Å². The van der Waals surface area contributed by atoms with Crippen molar-refractivity contribution >= 4 is 7.87 Å². The third-order valence-electron chi connectivity index (χ3n) is 7.09. The van der Waals surface area contributed by atoms with Gasteiger partial charge in [0.15, 0.2) is 0 Å². The minimum atomic E-state index is -1.69. The number of hydrogen-bond acceptors (Lipinski definition) is 7. The minimum absolute atomic E-state index is 0. The average molecular weight is 464 g/mol. The highest BCUT2D eigenvalue weighted by atomic mass is 35.5. The molecule has 0 aromatic carbocycles. The molecule has 3 aliphatic heterocycles. The van der Waals surface area contributed by atoms with Crippen LogP contribution in [0.1, 0.15) is 26.7 Å². The van der Waals surface area contributed by atoms with Crippen LogP contribution in [0.3, 0.4) is 0 Å². The first-order valence-electron chi connectivity index (χ1n) is 12.0. The van der Waals surface area contributed by atoms with E-state index in [1.165, 1.54) is 104 Å². The number of likely N-dealkylation sites (N-methyl/N-ethyl adjacent to an activating group) is 3. The van der Waals surface area contributed by atoms with Gasteiger partial charge in [0.05, 0.1) is 39.3 Å². The second kappa shape index (κ2) is 12.6. The number of rotatable bonds is 8. The van der Waals surface area contributed by atoms with Gasteiger partial charge in [-0.1, -0.05) is 13.3 Å². The second-order valence-electron chi connectivity index (χ2n) is 9.21. The van der Waals surface area contributed by atoms with Gasteiger partial charge in [0.1, 0.15) is 0 Å². The molecule has 0 N–H and O–H groups in total. The van der Waals surface area contributed by atoms with E-state index in [1.807, 2.05) is 0 Å².